The van der Waals surface area contributed by atoms with Gasteiger partial charge in [-0.25, -0.2) is 4.79 Å². The molecule has 38 heavy (non-hydrogen) atoms. The third kappa shape index (κ3) is 8.02. The van der Waals surface area contributed by atoms with E-state index in [9.17, 15) is 14.4 Å². The smallest absolute Gasteiger partial charge is 0.330 e. The van der Waals surface area contributed by atoms with Gasteiger partial charge in [-0.05, 0) is 52.0 Å². The molecule has 0 N–H and O–H groups in total. The average molecular weight is 527 g/mol. The minimum absolute atomic E-state index is 0.0497. The van der Waals surface area contributed by atoms with E-state index in [0.717, 1.165) is 13.0 Å². The molecule has 0 aromatic heterocycles. The van der Waals surface area contributed by atoms with E-state index in [0.29, 0.717) is 19.1 Å². The van der Waals surface area contributed by atoms with Crippen LogP contribution in [0.2, 0.25) is 0 Å². The number of hydrogen-bond donors (Lipinski definition) is 0. The molecule has 2 aliphatic heterocycles. The van der Waals surface area contributed by atoms with Crippen molar-refractivity contribution in [2.75, 3.05) is 33.0 Å². The largest absolute Gasteiger partial charge is 0.465 e. The number of epoxide rings is 1. The van der Waals surface area contributed by atoms with Crippen LogP contribution in [0.5, 0.6) is 0 Å². The summed E-state index contributed by atoms with van der Waals surface area (Å²) in [6, 6.07) is 10.6. The van der Waals surface area contributed by atoms with Crippen molar-refractivity contribution < 1.29 is 33.3 Å². The van der Waals surface area contributed by atoms with Crippen LogP contribution < -0.4 is 0 Å². The maximum atomic E-state index is 13.0. The molecule has 2 heterocycles. The van der Waals surface area contributed by atoms with E-state index in [1.807, 2.05) is 35.5 Å². The van der Waals surface area contributed by atoms with E-state index >= 15 is 0 Å². The van der Waals surface area contributed by atoms with Crippen LogP contribution in [-0.4, -0.2) is 67.7 Å². The van der Waals surface area contributed by atoms with Crippen LogP contribution in [-0.2, 0) is 33.3 Å². The summed E-state index contributed by atoms with van der Waals surface area (Å²) in [6.45, 7) is 7.02. The van der Waals surface area contributed by atoms with Crippen LogP contribution in [0.15, 0.2) is 59.7 Å². The van der Waals surface area contributed by atoms with E-state index in [4.69, 9.17) is 18.9 Å². The molecule has 3 rings (SSSR count). The Morgan fingerprint density at radius 2 is 1.63 bits per heavy atom. The zero-order valence-corrected chi connectivity index (χ0v) is 22.5. The molecular formula is C29H38N2O7. The quantitative estimate of drug-likeness (QED) is 0.0602. The van der Waals surface area contributed by atoms with Crippen molar-refractivity contribution >= 4 is 24.1 Å². The van der Waals surface area contributed by atoms with Crippen molar-refractivity contribution in [2.24, 2.45) is 10.5 Å². The summed E-state index contributed by atoms with van der Waals surface area (Å²) in [6.07, 6.45) is 9.69. The molecule has 206 valence electrons. The van der Waals surface area contributed by atoms with Crippen LogP contribution in [0.1, 0.15) is 58.1 Å². The van der Waals surface area contributed by atoms with Gasteiger partial charge in [0.1, 0.15) is 5.60 Å². The highest BCUT2D eigenvalue weighted by Crippen LogP contribution is 2.37. The Morgan fingerprint density at radius 1 is 1.00 bits per heavy atom. The molecule has 0 bridgehead atoms. The van der Waals surface area contributed by atoms with Gasteiger partial charge in [0, 0.05) is 6.08 Å². The first-order chi connectivity index (χ1) is 18.4. The Kier molecular flexibility index (Phi) is 10.6. The van der Waals surface area contributed by atoms with Gasteiger partial charge in [0.05, 0.1) is 45.2 Å². The van der Waals surface area contributed by atoms with Crippen molar-refractivity contribution in [3.63, 3.8) is 0 Å². The number of allylic oxidation sites excluding steroid dienone is 3. The van der Waals surface area contributed by atoms with Crippen LogP contribution >= 0.6 is 0 Å². The zero-order valence-electron chi connectivity index (χ0n) is 22.5. The maximum absolute atomic E-state index is 13.0. The first-order valence-corrected chi connectivity index (χ1v) is 13.2. The zero-order chi connectivity index (χ0) is 27.4. The minimum Gasteiger partial charge on any atom is -0.465 e. The second-order valence-electron chi connectivity index (χ2n) is 9.24. The molecule has 9 nitrogen and oxygen atoms in total. The fourth-order valence-corrected chi connectivity index (χ4v) is 4.08. The standard InChI is InChI=1S/C29H38N2O7/c1-4-35-25(32)16-13-19-29(26(33)36-5-2,27(34)37-6-3)18-12-8-11-17-28(22-38-28)21-30-31-20-24(31)23-14-9-7-10-15-23/h7-10,12-16,21,24H,4-6,11,17-20,22H2,1-3H3/b12-8+,16-13-,30-21+. The third-order valence-electron chi connectivity index (χ3n) is 6.43. The molecule has 0 radical (unpaired) electrons. The SMILES string of the molecule is CCOC(=O)/C=C\CC(C/C=C/CCC1(/C=N/N2CC2c2ccccc2)CO1)(C(=O)OCC)C(=O)OCC. The number of rotatable bonds is 16. The molecule has 2 unspecified atom stereocenters. The summed E-state index contributed by atoms with van der Waals surface area (Å²) >= 11 is 0. The van der Waals surface area contributed by atoms with Gasteiger partial charge >= 0.3 is 17.9 Å². The van der Waals surface area contributed by atoms with Crippen molar-refractivity contribution in [1.29, 1.82) is 0 Å². The van der Waals surface area contributed by atoms with Crippen molar-refractivity contribution in [1.82, 2.24) is 5.01 Å². The van der Waals surface area contributed by atoms with Gasteiger partial charge in [-0.2, -0.15) is 5.10 Å². The van der Waals surface area contributed by atoms with E-state index < -0.39 is 23.3 Å². The first-order valence-electron chi connectivity index (χ1n) is 13.2. The van der Waals surface area contributed by atoms with Crippen LogP contribution in [0, 0.1) is 5.41 Å². The molecule has 1 aromatic carbocycles. The van der Waals surface area contributed by atoms with Gasteiger partial charge in [0.15, 0.2) is 5.41 Å². The molecule has 2 fully saturated rings. The molecular weight excluding hydrogens is 488 g/mol. The third-order valence-corrected chi connectivity index (χ3v) is 6.43. The van der Waals surface area contributed by atoms with Gasteiger partial charge in [-0.15, -0.1) is 0 Å². The number of nitrogens with zero attached hydrogens (tertiary/aromatic N) is 2. The van der Waals surface area contributed by atoms with Crippen molar-refractivity contribution in [3.05, 3.63) is 60.2 Å². The maximum Gasteiger partial charge on any atom is 0.330 e. The summed E-state index contributed by atoms with van der Waals surface area (Å²) in [4.78, 5) is 37.6. The molecule has 0 amide bonds. The first kappa shape index (κ1) is 29.1. The molecule has 0 spiro atoms. The Bertz CT molecular complexity index is 1010. The molecule has 1 aromatic rings. The van der Waals surface area contributed by atoms with Gasteiger partial charge in [-0.3, -0.25) is 14.6 Å². The summed E-state index contributed by atoms with van der Waals surface area (Å²) in [7, 11) is 0. The monoisotopic (exact) mass is 526 g/mol. The highest BCUT2D eigenvalue weighted by Gasteiger charge is 2.47. The molecule has 2 saturated heterocycles. The Balaban J connectivity index is 1.58. The number of benzene rings is 1. The molecule has 0 saturated carbocycles. The Labute approximate surface area is 224 Å². The van der Waals surface area contributed by atoms with Gasteiger partial charge < -0.3 is 18.9 Å². The number of carbonyl (C=O) groups excluding carboxylic acids is 3. The van der Waals surface area contributed by atoms with Crippen LogP contribution in [0.3, 0.4) is 0 Å². The van der Waals surface area contributed by atoms with E-state index in [2.05, 4.69) is 17.2 Å². The highest BCUT2D eigenvalue weighted by atomic mass is 16.6. The number of carbonyl (C=O) groups is 3. The highest BCUT2D eigenvalue weighted by molar-refractivity contribution is 6.00. The fourth-order valence-electron chi connectivity index (χ4n) is 4.08. The Morgan fingerprint density at radius 3 is 2.24 bits per heavy atom. The molecule has 9 heteroatoms. The summed E-state index contributed by atoms with van der Waals surface area (Å²) in [5.74, 6) is -1.91. The number of hydrogen-bond acceptors (Lipinski definition) is 9. The summed E-state index contributed by atoms with van der Waals surface area (Å²) < 4.78 is 21.1. The summed E-state index contributed by atoms with van der Waals surface area (Å²) in [5, 5.41) is 6.64. The van der Waals surface area contributed by atoms with Gasteiger partial charge in [0.2, 0.25) is 0 Å². The fraction of sp³-hybridized carbons (Fsp3) is 0.517. The van der Waals surface area contributed by atoms with Crippen LogP contribution in [0.4, 0.5) is 0 Å². The normalized spacial score (nSPS) is 20.7. The molecule has 2 aliphatic rings. The second-order valence-corrected chi connectivity index (χ2v) is 9.24. The summed E-state index contributed by atoms with van der Waals surface area (Å²) in [5.41, 5.74) is -0.718. The lowest BCUT2D eigenvalue weighted by Gasteiger charge is -2.27. The predicted molar refractivity (Wildman–Crippen MR) is 142 cm³/mol. The minimum atomic E-state index is -1.59. The number of ether oxygens (including phenoxy) is 4. The second kappa shape index (κ2) is 13.9. The van der Waals surface area contributed by atoms with Crippen LogP contribution in [0.25, 0.3) is 0 Å². The topological polar surface area (TPSA) is 107 Å². The van der Waals surface area contributed by atoms with E-state index in [1.165, 1.54) is 17.7 Å². The van der Waals surface area contributed by atoms with Gasteiger partial charge in [0.25, 0.3) is 0 Å². The molecule has 0 aliphatic carbocycles. The van der Waals surface area contributed by atoms with E-state index in [1.54, 1.807) is 26.8 Å². The number of esters is 3. The lowest BCUT2D eigenvalue weighted by Crippen LogP contribution is -2.41. The Hall–Kier alpha value is -3.46. The number of hydrazone groups is 1. The lowest BCUT2D eigenvalue weighted by atomic mass is 9.80. The average Bonchev–Trinajstić information content (AvgIpc) is 3.83. The lowest BCUT2D eigenvalue weighted by molar-refractivity contribution is -0.171. The van der Waals surface area contributed by atoms with Gasteiger partial charge in [-0.1, -0.05) is 48.6 Å². The van der Waals surface area contributed by atoms with E-state index in [-0.39, 0.29) is 38.3 Å². The predicted octanol–water partition coefficient (Wildman–Crippen LogP) is 4.15. The van der Waals surface area contributed by atoms with Crippen molar-refractivity contribution in [3.8, 4) is 0 Å². The van der Waals surface area contributed by atoms with Crippen molar-refractivity contribution in [2.45, 2.75) is 58.1 Å². The molecule has 2 atom stereocenters.